The van der Waals surface area contributed by atoms with E-state index in [4.69, 9.17) is 4.74 Å². The predicted molar refractivity (Wildman–Crippen MR) is 82.3 cm³/mol. The van der Waals surface area contributed by atoms with Crippen molar-refractivity contribution in [1.29, 1.82) is 0 Å². The summed E-state index contributed by atoms with van der Waals surface area (Å²) >= 11 is 0. The second-order valence-corrected chi connectivity index (χ2v) is 4.75. The first-order valence-electron chi connectivity index (χ1n) is 6.89. The topological polar surface area (TPSA) is 47.0 Å². The molecule has 0 aliphatic rings. The Morgan fingerprint density at radius 1 is 1.05 bits per heavy atom. The maximum Gasteiger partial charge on any atom is 0.152 e. The zero-order valence-electron chi connectivity index (χ0n) is 12.5. The third kappa shape index (κ3) is 3.07. The van der Waals surface area contributed by atoms with Crippen LogP contribution in [0.2, 0.25) is 0 Å². The molecule has 0 aliphatic heterocycles. The van der Waals surface area contributed by atoms with Crippen molar-refractivity contribution in [1.82, 2.24) is 9.97 Å². The summed E-state index contributed by atoms with van der Waals surface area (Å²) in [5.41, 5.74) is 3.85. The summed E-state index contributed by atoms with van der Waals surface area (Å²) in [4.78, 5) is 9.31. The molecule has 20 heavy (non-hydrogen) atoms. The zero-order valence-corrected chi connectivity index (χ0v) is 12.5. The molecule has 0 bridgehead atoms. The van der Waals surface area contributed by atoms with Crippen molar-refractivity contribution >= 4 is 5.82 Å². The van der Waals surface area contributed by atoms with E-state index in [1.165, 1.54) is 0 Å². The minimum absolute atomic E-state index is 0.841. The molecule has 1 N–H and O–H groups in total. The molecule has 4 nitrogen and oxygen atoms in total. The highest BCUT2D eigenvalue weighted by Crippen LogP contribution is 2.27. The first-order chi connectivity index (χ1) is 9.65. The lowest BCUT2D eigenvalue weighted by Crippen LogP contribution is -2.07. The number of nitrogens with zero attached hydrogens (tertiary/aromatic N) is 2. The number of ether oxygens (including phenoxy) is 1. The molecule has 0 saturated heterocycles. The molecule has 1 heterocycles. The Morgan fingerprint density at radius 3 is 2.30 bits per heavy atom. The van der Waals surface area contributed by atoms with E-state index >= 15 is 0 Å². The molecule has 1 aromatic heterocycles. The summed E-state index contributed by atoms with van der Waals surface area (Å²) in [5.74, 6) is 1.69. The highest BCUT2D eigenvalue weighted by atomic mass is 16.5. The molecule has 0 aliphatic carbocycles. The van der Waals surface area contributed by atoms with Crippen LogP contribution in [0.3, 0.4) is 0 Å². The lowest BCUT2D eigenvalue weighted by Gasteiger charge is -2.12. The molecule has 0 amide bonds. The van der Waals surface area contributed by atoms with Gasteiger partial charge in [-0.1, -0.05) is 6.92 Å². The standard InChI is InChI=1S/C16H21N3O/c1-5-10-17-16-15(18-11(2)12(3)19-16)13-6-8-14(20-4)9-7-13/h6-9H,5,10H2,1-4H3,(H,17,19). The molecule has 2 rings (SSSR count). The van der Waals surface area contributed by atoms with Crippen molar-refractivity contribution in [3.63, 3.8) is 0 Å². The van der Waals surface area contributed by atoms with Gasteiger partial charge in [0.25, 0.3) is 0 Å². The second kappa shape index (κ2) is 6.37. The second-order valence-electron chi connectivity index (χ2n) is 4.75. The van der Waals surface area contributed by atoms with E-state index in [2.05, 4.69) is 22.2 Å². The van der Waals surface area contributed by atoms with Crippen LogP contribution in [-0.4, -0.2) is 23.6 Å². The van der Waals surface area contributed by atoms with Crippen LogP contribution in [-0.2, 0) is 0 Å². The largest absolute Gasteiger partial charge is 0.497 e. The predicted octanol–water partition coefficient (Wildman–Crippen LogP) is 3.59. The molecule has 0 atom stereocenters. The number of hydrogen-bond donors (Lipinski definition) is 1. The summed E-state index contributed by atoms with van der Waals surface area (Å²) in [6.07, 6.45) is 1.05. The molecular weight excluding hydrogens is 250 g/mol. The highest BCUT2D eigenvalue weighted by Gasteiger charge is 2.11. The normalized spacial score (nSPS) is 10.4. The van der Waals surface area contributed by atoms with Gasteiger partial charge in [-0.3, -0.25) is 0 Å². The van der Waals surface area contributed by atoms with Gasteiger partial charge in [-0.2, -0.15) is 0 Å². The third-order valence-electron chi connectivity index (χ3n) is 3.21. The van der Waals surface area contributed by atoms with Crippen molar-refractivity contribution in [2.45, 2.75) is 27.2 Å². The number of aryl methyl sites for hydroxylation is 2. The van der Waals surface area contributed by atoms with Crippen LogP contribution in [0, 0.1) is 13.8 Å². The van der Waals surface area contributed by atoms with Gasteiger partial charge < -0.3 is 10.1 Å². The Hall–Kier alpha value is -2.10. The lowest BCUT2D eigenvalue weighted by molar-refractivity contribution is 0.415. The summed E-state index contributed by atoms with van der Waals surface area (Å²) < 4.78 is 5.19. The Kier molecular flexibility index (Phi) is 4.56. The van der Waals surface area contributed by atoms with E-state index in [0.29, 0.717) is 0 Å². The number of aromatic nitrogens is 2. The van der Waals surface area contributed by atoms with Crippen LogP contribution in [0.25, 0.3) is 11.3 Å². The molecule has 0 radical (unpaired) electrons. The summed E-state index contributed by atoms with van der Waals surface area (Å²) in [7, 11) is 1.67. The van der Waals surface area contributed by atoms with E-state index in [1.807, 2.05) is 38.1 Å². The van der Waals surface area contributed by atoms with Crippen LogP contribution >= 0.6 is 0 Å². The molecule has 4 heteroatoms. The fraction of sp³-hybridized carbons (Fsp3) is 0.375. The maximum atomic E-state index is 5.19. The molecular formula is C16H21N3O. The van der Waals surface area contributed by atoms with Crippen molar-refractivity contribution in [3.8, 4) is 17.0 Å². The van der Waals surface area contributed by atoms with E-state index in [9.17, 15) is 0 Å². The van der Waals surface area contributed by atoms with Crippen molar-refractivity contribution in [3.05, 3.63) is 35.7 Å². The summed E-state index contributed by atoms with van der Waals surface area (Å²) in [5, 5.41) is 3.35. The van der Waals surface area contributed by atoms with E-state index < -0.39 is 0 Å². The van der Waals surface area contributed by atoms with E-state index in [0.717, 1.165) is 47.2 Å². The van der Waals surface area contributed by atoms with Crippen molar-refractivity contribution in [2.24, 2.45) is 0 Å². The van der Waals surface area contributed by atoms with Crippen LogP contribution < -0.4 is 10.1 Å². The minimum atomic E-state index is 0.841. The molecule has 0 saturated carbocycles. The molecule has 0 fully saturated rings. The number of anilines is 1. The van der Waals surface area contributed by atoms with Gasteiger partial charge in [-0.05, 0) is 44.5 Å². The zero-order chi connectivity index (χ0) is 14.5. The highest BCUT2D eigenvalue weighted by molar-refractivity contribution is 5.72. The van der Waals surface area contributed by atoms with Gasteiger partial charge >= 0.3 is 0 Å². The quantitative estimate of drug-likeness (QED) is 0.902. The van der Waals surface area contributed by atoms with E-state index in [1.54, 1.807) is 7.11 Å². The van der Waals surface area contributed by atoms with Gasteiger partial charge in [0.05, 0.1) is 18.5 Å². The summed E-state index contributed by atoms with van der Waals surface area (Å²) in [6, 6.07) is 7.90. The number of hydrogen-bond acceptors (Lipinski definition) is 4. The van der Waals surface area contributed by atoms with Crippen LogP contribution in [0.4, 0.5) is 5.82 Å². The Bertz CT molecular complexity index is 579. The first-order valence-corrected chi connectivity index (χ1v) is 6.89. The average molecular weight is 271 g/mol. The fourth-order valence-corrected chi connectivity index (χ4v) is 1.92. The lowest BCUT2D eigenvalue weighted by atomic mass is 10.1. The fourth-order valence-electron chi connectivity index (χ4n) is 1.92. The van der Waals surface area contributed by atoms with Gasteiger partial charge in [0.2, 0.25) is 0 Å². The summed E-state index contributed by atoms with van der Waals surface area (Å²) in [6.45, 7) is 6.99. The smallest absolute Gasteiger partial charge is 0.152 e. The van der Waals surface area contributed by atoms with Crippen molar-refractivity contribution < 1.29 is 4.74 Å². The van der Waals surface area contributed by atoms with Gasteiger partial charge in [0, 0.05) is 12.1 Å². The van der Waals surface area contributed by atoms with Gasteiger partial charge in [-0.15, -0.1) is 0 Å². The van der Waals surface area contributed by atoms with Gasteiger partial charge in [0.1, 0.15) is 11.4 Å². The molecule has 0 spiro atoms. The third-order valence-corrected chi connectivity index (χ3v) is 3.21. The first kappa shape index (κ1) is 14.3. The van der Waals surface area contributed by atoms with Crippen LogP contribution in [0.1, 0.15) is 24.7 Å². The number of rotatable bonds is 5. The Morgan fingerprint density at radius 2 is 1.70 bits per heavy atom. The molecule has 106 valence electrons. The monoisotopic (exact) mass is 271 g/mol. The minimum Gasteiger partial charge on any atom is -0.497 e. The van der Waals surface area contributed by atoms with Crippen LogP contribution in [0.15, 0.2) is 24.3 Å². The van der Waals surface area contributed by atoms with Gasteiger partial charge in [0.15, 0.2) is 5.82 Å². The van der Waals surface area contributed by atoms with Crippen LogP contribution in [0.5, 0.6) is 5.75 Å². The van der Waals surface area contributed by atoms with E-state index in [-0.39, 0.29) is 0 Å². The molecule has 1 aromatic carbocycles. The molecule has 2 aromatic rings. The van der Waals surface area contributed by atoms with Crippen molar-refractivity contribution in [2.75, 3.05) is 19.0 Å². The number of methoxy groups -OCH3 is 1. The maximum absolute atomic E-state index is 5.19. The number of nitrogens with one attached hydrogen (secondary N) is 1. The molecule has 0 unspecified atom stereocenters. The Labute approximate surface area is 120 Å². The van der Waals surface area contributed by atoms with Gasteiger partial charge in [-0.25, -0.2) is 9.97 Å². The number of benzene rings is 1. The Balaban J connectivity index is 2.43. The SMILES string of the molecule is CCCNc1nc(C)c(C)nc1-c1ccc(OC)cc1. The average Bonchev–Trinajstić information content (AvgIpc) is 2.48.